The molecule has 1 unspecified atom stereocenters. The maximum Gasteiger partial charge on any atom is 0.426 e. The Morgan fingerprint density at radius 1 is 1.03 bits per heavy atom. The van der Waals surface area contributed by atoms with Gasteiger partial charge in [0.1, 0.15) is 10.6 Å². The molecule has 212 valence electrons. The Hall–Kier alpha value is -2.49. The van der Waals surface area contributed by atoms with Gasteiger partial charge in [-0.2, -0.15) is 13.2 Å². The van der Waals surface area contributed by atoms with Crippen molar-refractivity contribution >= 4 is 15.7 Å². The second kappa shape index (κ2) is 9.56. The number of halogens is 5. The third-order valence-corrected chi connectivity index (χ3v) is 12.0. The molecule has 0 radical (unpaired) electrons. The lowest BCUT2D eigenvalue weighted by molar-refractivity contribution is -0.228. The van der Waals surface area contributed by atoms with Crippen LogP contribution in [0.2, 0.25) is 0 Å². The van der Waals surface area contributed by atoms with Gasteiger partial charge in [-0.15, -0.1) is 0 Å². The normalized spacial score (nSPS) is 27.6. The Balaban J connectivity index is 1.60. The van der Waals surface area contributed by atoms with Crippen molar-refractivity contribution in [1.29, 1.82) is 0 Å². The standard InChI is InChI=1S/C29H32F5NO3S/c1-17(18-4-3-5-18)35-26(36)23-14-15-28(39(37,38)22-10-8-21(30)9-11-22)24-13-7-20(27(2,31)29(32,33)34)16-19(24)6-12-25(23)28/h7-11,13,16-18,23,25H,3-6,12,14-15H2,1-2H3,(H,35,36)/t17-,23+,25-,27?,28+/m0/s1. The molecule has 4 nitrogen and oxygen atoms in total. The second-order valence-electron chi connectivity index (χ2n) is 11.5. The van der Waals surface area contributed by atoms with Gasteiger partial charge in [0.05, 0.1) is 4.90 Å². The van der Waals surface area contributed by atoms with Crippen LogP contribution in [-0.4, -0.2) is 26.5 Å². The molecule has 0 saturated heterocycles. The first kappa shape index (κ1) is 28.1. The number of fused-ring (bicyclic) bond motifs is 3. The molecule has 10 heteroatoms. The number of rotatable bonds is 6. The van der Waals surface area contributed by atoms with E-state index in [0.717, 1.165) is 43.5 Å². The lowest BCUT2D eigenvalue weighted by Gasteiger charge is -2.43. The SMILES string of the molecule is C[C@H](NC(=O)[C@@H]1CC[C@@]2(S(=O)(=O)c3ccc(F)cc3)c3ccc(C(C)(F)C(F)(F)F)cc3CC[C@@H]12)C1CCC1. The highest BCUT2D eigenvalue weighted by molar-refractivity contribution is 7.92. The number of carbonyl (C=O) groups is 1. The minimum absolute atomic E-state index is 0.0435. The van der Waals surface area contributed by atoms with E-state index in [-0.39, 0.29) is 42.5 Å². The van der Waals surface area contributed by atoms with Crippen molar-refractivity contribution < 1.29 is 35.2 Å². The first-order valence-corrected chi connectivity index (χ1v) is 14.9. The molecule has 3 aliphatic rings. The van der Waals surface area contributed by atoms with Crippen molar-refractivity contribution in [2.24, 2.45) is 17.8 Å². The molecule has 0 heterocycles. The Bertz CT molecular complexity index is 1370. The molecule has 39 heavy (non-hydrogen) atoms. The smallest absolute Gasteiger partial charge is 0.353 e. The summed E-state index contributed by atoms with van der Waals surface area (Å²) < 4.78 is 96.0. The molecule has 0 aliphatic heterocycles. The number of hydrogen-bond acceptors (Lipinski definition) is 3. The molecule has 2 saturated carbocycles. The van der Waals surface area contributed by atoms with Gasteiger partial charge in [0.2, 0.25) is 11.6 Å². The molecule has 1 amide bonds. The number of sulfone groups is 1. The first-order valence-electron chi connectivity index (χ1n) is 13.4. The molecule has 5 rings (SSSR count). The van der Waals surface area contributed by atoms with E-state index in [9.17, 15) is 35.2 Å². The number of nitrogens with one attached hydrogen (secondary N) is 1. The summed E-state index contributed by atoms with van der Waals surface area (Å²) in [7, 11) is -4.23. The summed E-state index contributed by atoms with van der Waals surface area (Å²) >= 11 is 0. The topological polar surface area (TPSA) is 63.2 Å². The minimum Gasteiger partial charge on any atom is -0.353 e. The third-order valence-electron chi connectivity index (χ3n) is 9.44. The fourth-order valence-electron chi connectivity index (χ4n) is 6.84. The fourth-order valence-corrected chi connectivity index (χ4v) is 9.31. The summed E-state index contributed by atoms with van der Waals surface area (Å²) in [6, 6.07) is 7.80. The molecular formula is C29H32F5NO3S. The summed E-state index contributed by atoms with van der Waals surface area (Å²) in [5.74, 6) is -1.70. The number of hydrogen-bond donors (Lipinski definition) is 1. The molecule has 1 N–H and O–H groups in total. The van der Waals surface area contributed by atoms with Gasteiger partial charge >= 0.3 is 6.18 Å². The average Bonchev–Trinajstić information content (AvgIpc) is 3.24. The van der Waals surface area contributed by atoms with Crippen LogP contribution in [-0.2, 0) is 31.5 Å². The van der Waals surface area contributed by atoms with Gasteiger partial charge in [-0.25, -0.2) is 17.2 Å². The van der Waals surface area contributed by atoms with E-state index in [2.05, 4.69) is 5.32 Å². The Morgan fingerprint density at radius 3 is 2.28 bits per heavy atom. The van der Waals surface area contributed by atoms with E-state index in [1.165, 1.54) is 18.2 Å². The summed E-state index contributed by atoms with van der Waals surface area (Å²) in [6.07, 6.45) is -1.18. The van der Waals surface area contributed by atoms with Gasteiger partial charge in [-0.3, -0.25) is 4.79 Å². The monoisotopic (exact) mass is 569 g/mol. The van der Waals surface area contributed by atoms with Crippen LogP contribution in [0, 0.1) is 23.6 Å². The van der Waals surface area contributed by atoms with Gasteiger partial charge in [-0.1, -0.05) is 24.6 Å². The summed E-state index contributed by atoms with van der Waals surface area (Å²) in [4.78, 5) is 13.4. The molecule has 2 aromatic carbocycles. The zero-order chi connectivity index (χ0) is 28.4. The molecule has 0 bridgehead atoms. The maximum atomic E-state index is 14.9. The number of carbonyl (C=O) groups excluding carboxylic acids is 1. The van der Waals surface area contributed by atoms with Crippen molar-refractivity contribution in [3.8, 4) is 0 Å². The molecule has 5 atom stereocenters. The highest BCUT2D eigenvalue weighted by atomic mass is 32.2. The van der Waals surface area contributed by atoms with Crippen LogP contribution in [0.4, 0.5) is 22.0 Å². The van der Waals surface area contributed by atoms with Gasteiger partial charge < -0.3 is 5.32 Å². The summed E-state index contributed by atoms with van der Waals surface area (Å²) in [5, 5.41) is 3.08. The first-order chi connectivity index (χ1) is 18.2. The number of benzene rings is 2. The van der Waals surface area contributed by atoms with Crippen molar-refractivity contribution in [3.63, 3.8) is 0 Å². The molecule has 0 spiro atoms. The van der Waals surface area contributed by atoms with Gasteiger partial charge in [0, 0.05) is 12.0 Å². The molecule has 3 aliphatic carbocycles. The highest BCUT2D eigenvalue weighted by Crippen LogP contribution is 2.59. The number of amides is 1. The zero-order valence-corrected chi connectivity index (χ0v) is 22.6. The largest absolute Gasteiger partial charge is 0.426 e. The fraction of sp³-hybridized carbons (Fsp3) is 0.552. The average molecular weight is 570 g/mol. The predicted octanol–water partition coefficient (Wildman–Crippen LogP) is 6.52. The van der Waals surface area contributed by atoms with E-state index in [1.807, 2.05) is 6.92 Å². The van der Waals surface area contributed by atoms with Crippen LogP contribution >= 0.6 is 0 Å². The van der Waals surface area contributed by atoms with Gasteiger partial charge in [0.15, 0.2) is 9.84 Å². The van der Waals surface area contributed by atoms with E-state index < -0.39 is 49.6 Å². The van der Waals surface area contributed by atoms with Crippen LogP contribution < -0.4 is 5.32 Å². The van der Waals surface area contributed by atoms with Crippen LogP contribution in [0.5, 0.6) is 0 Å². The van der Waals surface area contributed by atoms with E-state index in [4.69, 9.17) is 0 Å². The predicted molar refractivity (Wildman–Crippen MR) is 136 cm³/mol. The van der Waals surface area contributed by atoms with Crippen LogP contribution in [0.3, 0.4) is 0 Å². The van der Waals surface area contributed by atoms with Crippen LogP contribution in [0.25, 0.3) is 0 Å². The lowest BCUT2D eigenvalue weighted by Crippen LogP contribution is -2.49. The van der Waals surface area contributed by atoms with Gasteiger partial charge in [0.25, 0.3) is 0 Å². The van der Waals surface area contributed by atoms with E-state index >= 15 is 0 Å². The van der Waals surface area contributed by atoms with Crippen molar-refractivity contribution in [2.75, 3.05) is 0 Å². The lowest BCUT2D eigenvalue weighted by atomic mass is 9.72. The third kappa shape index (κ3) is 4.37. The Morgan fingerprint density at radius 2 is 1.69 bits per heavy atom. The zero-order valence-electron chi connectivity index (χ0n) is 21.8. The summed E-state index contributed by atoms with van der Waals surface area (Å²) in [6.45, 7) is 2.40. The van der Waals surface area contributed by atoms with E-state index in [0.29, 0.717) is 24.0 Å². The van der Waals surface area contributed by atoms with Crippen molar-refractivity contribution in [1.82, 2.24) is 5.32 Å². The maximum absolute atomic E-state index is 14.9. The van der Waals surface area contributed by atoms with Gasteiger partial charge in [-0.05, 0) is 105 Å². The van der Waals surface area contributed by atoms with Crippen LogP contribution in [0.15, 0.2) is 47.4 Å². The molecule has 2 aromatic rings. The highest BCUT2D eigenvalue weighted by Gasteiger charge is 2.62. The van der Waals surface area contributed by atoms with Crippen molar-refractivity contribution in [3.05, 3.63) is 65.0 Å². The second-order valence-corrected chi connectivity index (χ2v) is 13.7. The number of alkyl halides is 4. The van der Waals surface area contributed by atoms with E-state index in [1.54, 1.807) is 0 Å². The number of aryl methyl sites for hydroxylation is 1. The Kier molecular flexibility index (Phi) is 6.88. The quantitative estimate of drug-likeness (QED) is 0.318. The molecular weight excluding hydrogens is 537 g/mol. The molecule has 0 aromatic heterocycles. The summed E-state index contributed by atoms with van der Waals surface area (Å²) in [5.41, 5.74) is -3.58. The molecule has 2 fully saturated rings. The Labute approximate surface area is 225 Å². The minimum atomic E-state index is -5.15. The van der Waals surface area contributed by atoms with Crippen LogP contribution in [0.1, 0.15) is 69.1 Å². The van der Waals surface area contributed by atoms with Crippen molar-refractivity contribution in [2.45, 2.75) is 86.3 Å².